The molecule has 1 N–H and O–H groups in total. The van der Waals surface area contributed by atoms with Gasteiger partial charge in [-0.2, -0.15) is 10.4 Å². The number of ether oxygens (including phenoxy) is 1. The van der Waals surface area contributed by atoms with Crippen LogP contribution in [0.15, 0.2) is 53.6 Å². The number of sulfonamides is 1. The standard InChI is InChI=1S/C18H17FN4O4S/c1-28(25,26)23(17-5-3-2-4-16(17)19)13-18(24)22-21-12-14-6-8-15(9-7-14)27-11-10-20/h2-9,12H,11,13H2,1H3,(H,22,24). The van der Waals surface area contributed by atoms with Gasteiger partial charge in [-0.05, 0) is 42.0 Å². The van der Waals surface area contributed by atoms with E-state index in [2.05, 4.69) is 10.5 Å². The molecule has 0 unspecified atom stereocenters. The number of carbonyl (C=O) groups is 1. The Kier molecular flexibility index (Phi) is 7.06. The van der Waals surface area contributed by atoms with Crippen molar-refractivity contribution >= 4 is 27.8 Å². The summed E-state index contributed by atoms with van der Waals surface area (Å²) in [6.07, 6.45) is 2.23. The highest BCUT2D eigenvalue weighted by molar-refractivity contribution is 7.92. The van der Waals surface area contributed by atoms with Gasteiger partial charge in [-0.3, -0.25) is 9.10 Å². The van der Waals surface area contributed by atoms with E-state index >= 15 is 0 Å². The lowest BCUT2D eigenvalue weighted by Crippen LogP contribution is -2.39. The molecule has 0 radical (unpaired) electrons. The number of hydrogen-bond acceptors (Lipinski definition) is 6. The summed E-state index contributed by atoms with van der Waals surface area (Å²) in [6, 6.07) is 13.7. The number of halogens is 1. The number of hydrogen-bond donors (Lipinski definition) is 1. The first-order valence-electron chi connectivity index (χ1n) is 7.95. The van der Waals surface area contributed by atoms with Crippen molar-refractivity contribution in [1.82, 2.24) is 5.43 Å². The number of hydrazone groups is 1. The maximum absolute atomic E-state index is 13.9. The molecule has 0 aliphatic rings. The Balaban J connectivity index is 2.01. The van der Waals surface area contributed by atoms with Crippen LogP contribution in [-0.4, -0.2) is 39.9 Å². The van der Waals surface area contributed by atoms with Gasteiger partial charge in [0.15, 0.2) is 6.61 Å². The van der Waals surface area contributed by atoms with E-state index in [-0.39, 0.29) is 12.3 Å². The number of benzene rings is 2. The van der Waals surface area contributed by atoms with Crippen LogP contribution in [0.1, 0.15) is 5.56 Å². The number of anilines is 1. The predicted molar refractivity (Wildman–Crippen MR) is 102 cm³/mol. The third-order valence-electron chi connectivity index (χ3n) is 3.40. The van der Waals surface area contributed by atoms with Crippen LogP contribution in [0.5, 0.6) is 5.75 Å². The number of nitrogens with one attached hydrogen (secondary N) is 1. The van der Waals surface area contributed by atoms with E-state index < -0.39 is 28.3 Å². The molecule has 2 aromatic carbocycles. The van der Waals surface area contributed by atoms with Gasteiger partial charge in [0.25, 0.3) is 5.91 Å². The molecule has 0 aliphatic heterocycles. The Labute approximate surface area is 161 Å². The zero-order valence-electron chi connectivity index (χ0n) is 14.9. The number of amides is 1. The van der Waals surface area contributed by atoms with Gasteiger partial charge in [0.05, 0.1) is 18.2 Å². The van der Waals surface area contributed by atoms with Gasteiger partial charge >= 0.3 is 0 Å². The first-order chi connectivity index (χ1) is 13.3. The molecule has 0 fully saturated rings. The predicted octanol–water partition coefficient (Wildman–Crippen LogP) is 1.64. The summed E-state index contributed by atoms with van der Waals surface area (Å²) in [5.41, 5.74) is 2.61. The molecule has 0 heterocycles. The van der Waals surface area contributed by atoms with Crippen molar-refractivity contribution in [2.75, 3.05) is 23.7 Å². The fourth-order valence-electron chi connectivity index (χ4n) is 2.15. The number of rotatable bonds is 8. The average Bonchev–Trinajstić information content (AvgIpc) is 2.65. The summed E-state index contributed by atoms with van der Waals surface area (Å²) >= 11 is 0. The van der Waals surface area contributed by atoms with E-state index in [9.17, 15) is 17.6 Å². The molecule has 8 nitrogen and oxygen atoms in total. The SMILES string of the molecule is CS(=O)(=O)N(CC(=O)NN=Cc1ccc(OCC#N)cc1)c1ccccc1F. The molecule has 28 heavy (non-hydrogen) atoms. The number of nitriles is 1. The van der Waals surface area contributed by atoms with Crippen molar-refractivity contribution in [3.8, 4) is 11.8 Å². The molecular formula is C18H17FN4O4S. The van der Waals surface area contributed by atoms with Crippen molar-refractivity contribution in [2.24, 2.45) is 5.10 Å². The van der Waals surface area contributed by atoms with Crippen molar-refractivity contribution in [3.63, 3.8) is 0 Å². The molecule has 0 spiro atoms. The number of carbonyl (C=O) groups excluding carboxylic acids is 1. The van der Waals surface area contributed by atoms with Gasteiger partial charge in [0, 0.05) is 0 Å². The smallest absolute Gasteiger partial charge is 0.260 e. The summed E-state index contributed by atoms with van der Waals surface area (Å²) in [4.78, 5) is 12.0. The van der Waals surface area contributed by atoms with Crippen LogP contribution in [0.25, 0.3) is 0 Å². The minimum absolute atomic E-state index is 0.0671. The third-order valence-corrected chi connectivity index (χ3v) is 4.52. The average molecular weight is 404 g/mol. The zero-order chi connectivity index (χ0) is 20.6. The molecule has 146 valence electrons. The molecule has 2 rings (SSSR count). The molecular weight excluding hydrogens is 387 g/mol. The van der Waals surface area contributed by atoms with Gasteiger partial charge in [-0.15, -0.1) is 0 Å². The quantitative estimate of drug-likeness (QED) is 0.531. The zero-order valence-corrected chi connectivity index (χ0v) is 15.7. The molecule has 10 heteroatoms. The summed E-state index contributed by atoms with van der Waals surface area (Å²) in [7, 11) is -3.88. The third kappa shape index (κ3) is 6.07. The minimum Gasteiger partial charge on any atom is -0.479 e. The Bertz CT molecular complexity index is 1000. The van der Waals surface area contributed by atoms with E-state index in [1.165, 1.54) is 24.4 Å². The lowest BCUT2D eigenvalue weighted by atomic mass is 10.2. The van der Waals surface area contributed by atoms with E-state index in [1.807, 2.05) is 6.07 Å². The molecule has 0 saturated carbocycles. The van der Waals surface area contributed by atoms with E-state index in [0.29, 0.717) is 15.6 Å². The molecule has 0 bridgehead atoms. The molecule has 0 atom stereocenters. The van der Waals surface area contributed by atoms with Crippen LogP contribution in [-0.2, 0) is 14.8 Å². The van der Waals surface area contributed by atoms with Crippen LogP contribution < -0.4 is 14.5 Å². The molecule has 1 amide bonds. The Morgan fingerprint density at radius 1 is 1.29 bits per heavy atom. The summed E-state index contributed by atoms with van der Waals surface area (Å²) in [6.45, 7) is -0.694. The maximum Gasteiger partial charge on any atom is 0.260 e. The van der Waals surface area contributed by atoms with Crippen molar-refractivity contribution in [1.29, 1.82) is 5.26 Å². The number of para-hydroxylation sites is 1. The van der Waals surface area contributed by atoms with Gasteiger partial charge in [0.2, 0.25) is 10.0 Å². The monoisotopic (exact) mass is 404 g/mol. The van der Waals surface area contributed by atoms with Gasteiger partial charge in [-0.25, -0.2) is 18.2 Å². The molecule has 0 saturated heterocycles. The van der Waals surface area contributed by atoms with E-state index in [1.54, 1.807) is 24.3 Å². The summed E-state index contributed by atoms with van der Waals surface area (Å²) in [5, 5.41) is 12.2. The highest BCUT2D eigenvalue weighted by Crippen LogP contribution is 2.20. The molecule has 0 aromatic heterocycles. The summed E-state index contributed by atoms with van der Waals surface area (Å²) < 4.78 is 43.5. The lowest BCUT2D eigenvalue weighted by Gasteiger charge is -2.21. The molecule has 2 aromatic rings. The van der Waals surface area contributed by atoms with Crippen molar-refractivity contribution < 1.29 is 22.3 Å². The fourth-order valence-corrected chi connectivity index (χ4v) is 3.00. The number of nitrogens with zero attached hydrogens (tertiary/aromatic N) is 3. The Morgan fingerprint density at radius 3 is 2.57 bits per heavy atom. The van der Waals surface area contributed by atoms with Crippen LogP contribution in [0.4, 0.5) is 10.1 Å². The Hall–Kier alpha value is -3.45. The van der Waals surface area contributed by atoms with Crippen LogP contribution in [0, 0.1) is 17.1 Å². The molecule has 0 aliphatic carbocycles. The van der Waals surface area contributed by atoms with Crippen LogP contribution >= 0.6 is 0 Å². The second-order valence-corrected chi connectivity index (χ2v) is 7.44. The fraction of sp³-hybridized carbons (Fsp3) is 0.167. The normalized spacial score (nSPS) is 11.0. The highest BCUT2D eigenvalue weighted by atomic mass is 32.2. The first-order valence-corrected chi connectivity index (χ1v) is 9.80. The lowest BCUT2D eigenvalue weighted by molar-refractivity contribution is -0.119. The van der Waals surface area contributed by atoms with Gasteiger partial charge in [0.1, 0.15) is 24.2 Å². The van der Waals surface area contributed by atoms with Crippen LogP contribution in [0.3, 0.4) is 0 Å². The maximum atomic E-state index is 13.9. The minimum atomic E-state index is -3.88. The highest BCUT2D eigenvalue weighted by Gasteiger charge is 2.23. The topological polar surface area (TPSA) is 112 Å². The van der Waals surface area contributed by atoms with Crippen LogP contribution in [0.2, 0.25) is 0 Å². The first kappa shape index (κ1) is 20.9. The second kappa shape index (κ2) is 9.48. The van der Waals surface area contributed by atoms with Gasteiger partial charge in [-0.1, -0.05) is 12.1 Å². The van der Waals surface area contributed by atoms with E-state index in [4.69, 9.17) is 10.00 Å². The van der Waals surface area contributed by atoms with Crippen molar-refractivity contribution in [3.05, 3.63) is 59.9 Å². The van der Waals surface area contributed by atoms with E-state index in [0.717, 1.165) is 12.3 Å². The Morgan fingerprint density at radius 2 is 1.96 bits per heavy atom. The van der Waals surface area contributed by atoms with Gasteiger partial charge < -0.3 is 4.74 Å². The summed E-state index contributed by atoms with van der Waals surface area (Å²) in [5.74, 6) is -0.988. The second-order valence-electron chi connectivity index (χ2n) is 5.53. The largest absolute Gasteiger partial charge is 0.479 e. The van der Waals surface area contributed by atoms with Crippen molar-refractivity contribution in [2.45, 2.75) is 0 Å².